The highest BCUT2D eigenvalue weighted by Gasteiger charge is 2.22. The lowest BCUT2D eigenvalue weighted by Crippen LogP contribution is -2.10. The van der Waals surface area contributed by atoms with Crippen molar-refractivity contribution in [2.45, 2.75) is 6.10 Å². The smallest absolute Gasteiger partial charge is 0.147 e. The van der Waals surface area contributed by atoms with Crippen molar-refractivity contribution >= 4 is 15.9 Å². The van der Waals surface area contributed by atoms with E-state index >= 15 is 0 Å². The minimum atomic E-state index is -0.452. The molecule has 2 aromatic heterocycles. The van der Waals surface area contributed by atoms with Crippen LogP contribution in [0.4, 0.5) is 0 Å². The number of rotatable bonds is 5. The van der Waals surface area contributed by atoms with Gasteiger partial charge in [-0.2, -0.15) is 10.4 Å². The number of hydrogen-bond acceptors (Lipinski definition) is 5. The molecule has 0 aromatic carbocycles. The number of aryl methyl sites for hydroxylation is 1. The minimum Gasteiger partial charge on any atom is -0.359 e. The lowest BCUT2D eigenvalue weighted by molar-refractivity contribution is -0.0608. The number of ether oxygens (including phenoxy) is 2. The summed E-state index contributed by atoms with van der Waals surface area (Å²) in [4.78, 5) is 4.18. The summed E-state index contributed by atoms with van der Waals surface area (Å²) in [7, 11) is 3.27. The Morgan fingerprint density at radius 1 is 1.55 bits per heavy atom. The fraction of sp³-hybridized carbons (Fsp3) is 0.308. The van der Waals surface area contributed by atoms with E-state index in [1.165, 1.54) is 4.68 Å². The van der Waals surface area contributed by atoms with Crippen LogP contribution in [0.3, 0.4) is 0 Å². The first-order valence-electron chi connectivity index (χ1n) is 5.82. The molecule has 6 nitrogen and oxygen atoms in total. The summed E-state index contributed by atoms with van der Waals surface area (Å²) in [5.74, 6) is 0. The van der Waals surface area contributed by atoms with Crippen LogP contribution in [0.15, 0.2) is 29.0 Å². The molecule has 0 bridgehead atoms. The molecule has 0 saturated heterocycles. The second-order valence-electron chi connectivity index (χ2n) is 4.03. The van der Waals surface area contributed by atoms with Gasteiger partial charge in [0.1, 0.15) is 29.3 Å². The molecule has 20 heavy (non-hydrogen) atoms. The number of hydrogen-bond donors (Lipinski definition) is 0. The zero-order valence-corrected chi connectivity index (χ0v) is 12.7. The third-order valence-electron chi connectivity index (χ3n) is 2.70. The number of halogens is 1. The third kappa shape index (κ3) is 3.04. The van der Waals surface area contributed by atoms with E-state index in [0.29, 0.717) is 16.0 Å². The minimum absolute atomic E-state index is 0.116. The van der Waals surface area contributed by atoms with Gasteiger partial charge in [-0.15, -0.1) is 0 Å². The van der Waals surface area contributed by atoms with Gasteiger partial charge >= 0.3 is 0 Å². The summed E-state index contributed by atoms with van der Waals surface area (Å²) < 4.78 is 12.8. The first-order chi connectivity index (χ1) is 9.67. The Labute approximate surface area is 125 Å². The summed E-state index contributed by atoms with van der Waals surface area (Å²) in [6, 6.07) is 7.48. The van der Waals surface area contributed by atoms with E-state index in [4.69, 9.17) is 14.7 Å². The van der Waals surface area contributed by atoms with Crippen molar-refractivity contribution in [3.63, 3.8) is 0 Å². The van der Waals surface area contributed by atoms with Gasteiger partial charge in [0.2, 0.25) is 0 Å². The quantitative estimate of drug-likeness (QED) is 0.617. The van der Waals surface area contributed by atoms with E-state index in [9.17, 15) is 0 Å². The van der Waals surface area contributed by atoms with Gasteiger partial charge in [0, 0.05) is 32.0 Å². The molecule has 2 aromatic rings. The van der Waals surface area contributed by atoms with E-state index in [-0.39, 0.29) is 6.79 Å². The lowest BCUT2D eigenvalue weighted by Gasteiger charge is -2.16. The summed E-state index contributed by atoms with van der Waals surface area (Å²) in [5, 5.41) is 13.3. The van der Waals surface area contributed by atoms with Gasteiger partial charge in [0.25, 0.3) is 0 Å². The normalized spacial score (nSPS) is 12.1. The van der Waals surface area contributed by atoms with Crippen LogP contribution in [0.25, 0.3) is 0 Å². The average Bonchev–Trinajstić information content (AvgIpc) is 2.82. The number of aromatic nitrogens is 3. The Bertz CT molecular complexity index is 636. The SMILES string of the molecule is COCOC(c1cc(C#N)n(C)n1)c1cccnc1Br. The van der Waals surface area contributed by atoms with Crippen molar-refractivity contribution in [3.05, 3.63) is 46.0 Å². The van der Waals surface area contributed by atoms with E-state index in [1.807, 2.05) is 12.1 Å². The molecule has 2 rings (SSSR count). The van der Waals surface area contributed by atoms with Gasteiger partial charge in [-0.3, -0.25) is 4.68 Å². The summed E-state index contributed by atoms with van der Waals surface area (Å²) in [5.41, 5.74) is 1.92. The second-order valence-corrected chi connectivity index (χ2v) is 4.78. The average molecular weight is 337 g/mol. The number of methoxy groups -OCH3 is 1. The van der Waals surface area contributed by atoms with Gasteiger partial charge in [0.05, 0.1) is 5.69 Å². The van der Waals surface area contributed by atoms with Crippen LogP contribution in [0.1, 0.15) is 23.1 Å². The zero-order valence-electron chi connectivity index (χ0n) is 11.1. The fourth-order valence-corrected chi connectivity index (χ4v) is 2.25. The maximum absolute atomic E-state index is 9.02. The molecule has 0 aliphatic carbocycles. The molecular formula is C13H13BrN4O2. The summed E-state index contributed by atoms with van der Waals surface area (Å²) >= 11 is 3.40. The molecule has 0 aliphatic heterocycles. The first kappa shape index (κ1) is 14.7. The maximum atomic E-state index is 9.02. The highest BCUT2D eigenvalue weighted by atomic mass is 79.9. The standard InChI is InChI=1S/C13H13BrN4O2/c1-18-9(7-15)6-11(17-18)12(20-8-19-2)10-4-3-5-16-13(10)14/h3-6,12H,8H2,1-2H3. The summed E-state index contributed by atoms with van der Waals surface area (Å²) in [6.45, 7) is 0.116. The Balaban J connectivity index is 2.42. The molecule has 0 spiro atoms. The van der Waals surface area contributed by atoms with Crippen LogP contribution in [0.5, 0.6) is 0 Å². The van der Waals surface area contributed by atoms with Crippen molar-refractivity contribution in [1.82, 2.24) is 14.8 Å². The van der Waals surface area contributed by atoms with Crippen molar-refractivity contribution in [3.8, 4) is 6.07 Å². The van der Waals surface area contributed by atoms with Crippen molar-refractivity contribution < 1.29 is 9.47 Å². The van der Waals surface area contributed by atoms with Crippen LogP contribution in [0, 0.1) is 11.3 Å². The van der Waals surface area contributed by atoms with E-state index < -0.39 is 6.10 Å². The predicted octanol–water partition coefficient (Wildman–Crippen LogP) is 2.16. The van der Waals surface area contributed by atoms with Crippen LogP contribution in [-0.2, 0) is 16.5 Å². The molecule has 0 radical (unpaired) electrons. The molecule has 0 aliphatic rings. The maximum Gasteiger partial charge on any atom is 0.147 e. The highest BCUT2D eigenvalue weighted by molar-refractivity contribution is 9.10. The van der Waals surface area contributed by atoms with Gasteiger partial charge in [-0.1, -0.05) is 6.07 Å². The van der Waals surface area contributed by atoms with Crippen molar-refractivity contribution in [1.29, 1.82) is 5.26 Å². The molecule has 104 valence electrons. The van der Waals surface area contributed by atoms with E-state index in [1.54, 1.807) is 26.4 Å². The zero-order chi connectivity index (χ0) is 14.5. The fourth-order valence-electron chi connectivity index (χ4n) is 1.79. The first-order valence-corrected chi connectivity index (χ1v) is 6.61. The molecule has 1 unspecified atom stereocenters. The van der Waals surface area contributed by atoms with Crippen LogP contribution >= 0.6 is 15.9 Å². The van der Waals surface area contributed by atoms with E-state index in [2.05, 4.69) is 32.1 Å². The van der Waals surface area contributed by atoms with Gasteiger partial charge in [0.15, 0.2) is 0 Å². The molecule has 1 atom stereocenters. The summed E-state index contributed by atoms with van der Waals surface area (Å²) in [6.07, 6.45) is 1.23. The Morgan fingerprint density at radius 2 is 2.35 bits per heavy atom. The molecule has 7 heteroatoms. The molecule has 0 N–H and O–H groups in total. The second kappa shape index (κ2) is 6.61. The molecule has 0 amide bonds. The monoisotopic (exact) mass is 336 g/mol. The van der Waals surface area contributed by atoms with Crippen LogP contribution in [0.2, 0.25) is 0 Å². The molecule has 0 fully saturated rings. The van der Waals surface area contributed by atoms with Crippen molar-refractivity contribution in [2.24, 2.45) is 7.05 Å². The topological polar surface area (TPSA) is 73.0 Å². The highest BCUT2D eigenvalue weighted by Crippen LogP contribution is 2.29. The Hall–Kier alpha value is -1.75. The van der Waals surface area contributed by atoms with Gasteiger partial charge < -0.3 is 9.47 Å². The lowest BCUT2D eigenvalue weighted by atomic mass is 10.1. The number of nitrogens with zero attached hydrogens (tertiary/aromatic N) is 4. The van der Waals surface area contributed by atoms with Crippen LogP contribution in [-0.4, -0.2) is 28.7 Å². The Kier molecular flexibility index (Phi) is 4.84. The predicted molar refractivity (Wildman–Crippen MR) is 74.7 cm³/mol. The number of pyridine rings is 1. The largest absolute Gasteiger partial charge is 0.359 e. The van der Waals surface area contributed by atoms with Gasteiger partial charge in [-0.25, -0.2) is 4.98 Å². The third-order valence-corrected chi connectivity index (χ3v) is 3.37. The van der Waals surface area contributed by atoms with Gasteiger partial charge in [-0.05, 0) is 22.0 Å². The molecular weight excluding hydrogens is 324 g/mol. The van der Waals surface area contributed by atoms with Crippen molar-refractivity contribution in [2.75, 3.05) is 13.9 Å². The molecule has 0 saturated carbocycles. The Morgan fingerprint density at radius 3 is 2.95 bits per heavy atom. The van der Waals surface area contributed by atoms with E-state index in [0.717, 1.165) is 5.56 Å². The number of nitriles is 1. The van der Waals surface area contributed by atoms with Crippen LogP contribution < -0.4 is 0 Å². The molecule has 2 heterocycles.